The van der Waals surface area contributed by atoms with E-state index in [4.69, 9.17) is 0 Å². The molecule has 0 saturated carbocycles. The Kier molecular flexibility index (Phi) is 8.32. The number of carbonyl (C=O) groups is 1. The number of carbonyl (C=O) groups excluding carboxylic acids is 1. The Bertz CT molecular complexity index is 1390. The molecule has 1 aliphatic rings. The summed E-state index contributed by atoms with van der Waals surface area (Å²) in [5.41, 5.74) is 4.38. The van der Waals surface area contributed by atoms with Gasteiger partial charge in [-0.15, -0.1) is 11.8 Å². The van der Waals surface area contributed by atoms with Crippen LogP contribution in [0.4, 0.5) is 13.2 Å². The zero-order valence-electron chi connectivity index (χ0n) is 22.5. The van der Waals surface area contributed by atoms with Gasteiger partial charge in [0.05, 0.1) is 12.1 Å². The van der Waals surface area contributed by atoms with Crippen LogP contribution in [0, 0.1) is 26.7 Å². The van der Waals surface area contributed by atoms with Crippen molar-refractivity contribution in [3.63, 3.8) is 0 Å². The van der Waals surface area contributed by atoms with E-state index in [0.29, 0.717) is 37.1 Å². The molecule has 38 heavy (non-hydrogen) atoms. The second-order valence-corrected chi connectivity index (χ2v) is 11.1. The van der Waals surface area contributed by atoms with E-state index in [-0.39, 0.29) is 30.0 Å². The molecule has 3 aromatic rings. The van der Waals surface area contributed by atoms with Crippen molar-refractivity contribution in [2.75, 3.05) is 25.9 Å². The topological polar surface area (TPSA) is 70.1 Å². The van der Waals surface area contributed by atoms with Gasteiger partial charge in [-0.25, -0.2) is 0 Å². The van der Waals surface area contributed by atoms with Gasteiger partial charge in [-0.2, -0.15) is 13.2 Å². The lowest BCUT2D eigenvalue weighted by Gasteiger charge is -2.36. The van der Waals surface area contributed by atoms with Crippen molar-refractivity contribution in [2.45, 2.75) is 64.2 Å². The third kappa shape index (κ3) is 5.81. The molecule has 2 N–H and O–H groups in total. The molecule has 1 atom stereocenters. The largest absolute Gasteiger partial charge is 0.401 e. The minimum Gasteiger partial charge on any atom is -0.348 e. The van der Waals surface area contributed by atoms with Crippen LogP contribution in [0.5, 0.6) is 0 Å². The molecule has 1 saturated heterocycles. The number of likely N-dealkylation sites (tertiary alicyclic amines) is 1. The summed E-state index contributed by atoms with van der Waals surface area (Å²) >= 11 is 1.46. The summed E-state index contributed by atoms with van der Waals surface area (Å²) in [5, 5.41) is 3.84. The molecule has 6 nitrogen and oxygen atoms in total. The zero-order chi connectivity index (χ0) is 27.8. The molecule has 1 amide bonds. The van der Waals surface area contributed by atoms with Gasteiger partial charge in [0.25, 0.3) is 11.5 Å². The van der Waals surface area contributed by atoms with Crippen molar-refractivity contribution in [3.8, 4) is 0 Å². The summed E-state index contributed by atoms with van der Waals surface area (Å²) in [7, 11) is 0. The zero-order valence-corrected chi connectivity index (χ0v) is 23.3. The predicted molar refractivity (Wildman–Crippen MR) is 146 cm³/mol. The quantitative estimate of drug-likeness (QED) is 0.370. The molecule has 10 heteroatoms. The number of alkyl halides is 3. The van der Waals surface area contributed by atoms with Gasteiger partial charge in [0.2, 0.25) is 0 Å². The summed E-state index contributed by atoms with van der Waals surface area (Å²) in [5.74, 6) is -0.0553. The van der Waals surface area contributed by atoms with Crippen LogP contribution in [-0.2, 0) is 6.54 Å². The maximum atomic E-state index is 13.6. The second kappa shape index (κ2) is 11.2. The number of nitrogens with one attached hydrogen (secondary N) is 2. The molecule has 1 aliphatic heterocycles. The summed E-state index contributed by atoms with van der Waals surface area (Å²) in [6, 6.07) is 7.84. The average molecular weight is 549 g/mol. The number of aryl methyl sites for hydroxylation is 2. The molecular weight excluding hydrogens is 513 g/mol. The molecule has 0 spiro atoms. The number of benzene rings is 1. The Hall–Kier alpha value is -2.72. The fourth-order valence-corrected chi connectivity index (χ4v) is 6.52. The molecule has 1 aromatic carbocycles. The van der Waals surface area contributed by atoms with Crippen LogP contribution in [-0.4, -0.2) is 52.4 Å². The SMILES string of the molecule is CSc1cc(C)[nH]c(=O)c1CNC(=O)c1c(C)n(C(C)C2CCN(CC(F)(F)F)CC2)c2cccc(C)c12. The van der Waals surface area contributed by atoms with Crippen LogP contribution >= 0.6 is 11.8 Å². The first-order valence-electron chi connectivity index (χ1n) is 12.9. The lowest BCUT2D eigenvalue weighted by Crippen LogP contribution is -2.41. The van der Waals surface area contributed by atoms with Gasteiger partial charge in [0.1, 0.15) is 0 Å². The highest BCUT2D eigenvalue weighted by Crippen LogP contribution is 2.37. The monoisotopic (exact) mass is 548 g/mol. The summed E-state index contributed by atoms with van der Waals surface area (Å²) < 4.78 is 40.7. The second-order valence-electron chi connectivity index (χ2n) is 10.3. The van der Waals surface area contributed by atoms with Gasteiger partial charge in [0, 0.05) is 45.3 Å². The molecule has 4 rings (SSSR count). The number of piperidine rings is 1. The molecule has 1 fully saturated rings. The first-order valence-corrected chi connectivity index (χ1v) is 14.1. The van der Waals surface area contributed by atoms with Crippen molar-refractivity contribution >= 4 is 28.6 Å². The van der Waals surface area contributed by atoms with E-state index in [9.17, 15) is 22.8 Å². The van der Waals surface area contributed by atoms with E-state index in [2.05, 4.69) is 21.8 Å². The first-order chi connectivity index (χ1) is 17.9. The van der Waals surface area contributed by atoms with Crippen LogP contribution in [0.1, 0.15) is 58.7 Å². The number of fused-ring (bicyclic) bond motifs is 1. The van der Waals surface area contributed by atoms with E-state index >= 15 is 0 Å². The Labute approximate surface area is 225 Å². The highest BCUT2D eigenvalue weighted by atomic mass is 32.2. The molecule has 0 aliphatic carbocycles. The smallest absolute Gasteiger partial charge is 0.348 e. The molecule has 2 aromatic heterocycles. The number of hydrogen-bond donors (Lipinski definition) is 2. The number of aromatic amines is 1. The Morgan fingerprint density at radius 3 is 2.53 bits per heavy atom. The Balaban J connectivity index is 1.62. The van der Waals surface area contributed by atoms with Crippen LogP contribution in [0.2, 0.25) is 0 Å². The predicted octanol–water partition coefficient (Wildman–Crippen LogP) is 5.74. The summed E-state index contributed by atoms with van der Waals surface area (Å²) in [4.78, 5) is 31.3. The van der Waals surface area contributed by atoms with E-state index in [1.807, 2.05) is 51.3 Å². The molecular formula is C28H35F3N4O2S. The standard InChI is InChI=1S/C28H35F3N4O2S/c1-16-7-6-8-22-24(16)25(27(37)32-14-21-23(38-5)13-17(2)33-26(21)36)19(4)35(22)18(3)20-9-11-34(12-10-20)15-28(29,30)31/h6-8,13,18,20H,9-12,14-15H2,1-5H3,(H,32,37)(H,33,36). The Morgan fingerprint density at radius 2 is 1.89 bits per heavy atom. The van der Waals surface area contributed by atoms with Crippen LogP contribution < -0.4 is 10.9 Å². The van der Waals surface area contributed by atoms with E-state index in [1.54, 1.807) is 0 Å². The number of pyridine rings is 1. The third-order valence-electron chi connectivity index (χ3n) is 7.71. The minimum absolute atomic E-state index is 0.0110. The molecule has 206 valence electrons. The summed E-state index contributed by atoms with van der Waals surface area (Å²) in [6.45, 7) is 7.86. The van der Waals surface area contributed by atoms with Crippen LogP contribution in [0.15, 0.2) is 34.0 Å². The van der Waals surface area contributed by atoms with Gasteiger partial charge in [-0.05, 0) is 83.5 Å². The number of halogens is 3. The number of aromatic nitrogens is 2. The molecule has 0 radical (unpaired) electrons. The number of thioether (sulfide) groups is 1. The minimum atomic E-state index is -4.19. The number of rotatable bonds is 7. The number of nitrogens with zero attached hydrogens (tertiary/aromatic N) is 2. The fourth-order valence-electron chi connectivity index (χ4n) is 5.81. The van der Waals surface area contributed by atoms with E-state index in [1.165, 1.54) is 16.7 Å². The number of H-pyrrole nitrogens is 1. The maximum Gasteiger partial charge on any atom is 0.401 e. The van der Waals surface area contributed by atoms with Gasteiger partial charge in [-0.1, -0.05) is 12.1 Å². The first kappa shape index (κ1) is 28.3. The highest BCUT2D eigenvalue weighted by molar-refractivity contribution is 7.98. The van der Waals surface area contributed by atoms with Crippen molar-refractivity contribution in [2.24, 2.45) is 5.92 Å². The van der Waals surface area contributed by atoms with Gasteiger partial charge >= 0.3 is 6.18 Å². The molecule has 1 unspecified atom stereocenters. The number of hydrogen-bond acceptors (Lipinski definition) is 4. The molecule has 3 heterocycles. The van der Waals surface area contributed by atoms with E-state index < -0.39 is 12.7 Å². The van der Waals surface area contributed by atoms with Gasteiger partial charge < -0.3 is 14.9 Å². The molecule has 0 bridgehead atoms. The van der Waals surface area contributed by atoms with Gasteiger partial charge in [0.15, 0.2) is 0 Å². The van der Waals surface area contributed by atoms with Crippen molar-refractivity contribution < 1.29 is 18.0 Å². The van der Waals surface area contributed by atoms with Crippen LogP contribution in [0.3, 0.4) is 0 Å². The van der Waals surface area contributed by atoms with Crippen LogP contribution in [0.25, 0.3) is 10.9 Å². The highest BCUT2D eigenvalue weighted by Gasteiger charge is 2.34. The lowest BCUT2D eigenvalue weighted by atomic mass is 9.90. The van der Waals surface area contributed by atoms with Crippen molar-refractivity contribution in [3.05, 3.63) is 62.7 Å². The fraction of sp³-hybridized carbons (Fsp3) is 0.500. The number of amides is 1. The van der Waals surface area contributed by atoms with Gasteiger partial charge in [-0.3, -0.25) is 14.5 Å². The van der Waals surface area contributed by atoms with Crippen molar-refractivity contribution in [1.29, 1.82) is 0 Å². The van der Waals surface area contributed by atoms with E-state index in [0.717, 1.165) is 32.7 Å². The third-order valence-corrected chi connectivity index (χ3v) is 8.51. The normalized spacial score (nSPS) is 16.2. The average Bonchev–Trinajstić information content (AvgIpc) is 3.15. The van der Waals surface area contributed by atoms with Crippen molar-refractivity contribution in [1.82, 2.24) is 19.8 Å². The maximum absolute atomic E-state index is 13.6. The lowest BCUT2D eigenvalue weighted by molar-refractivity contribution is -0.149. The summed E-state index contributed by atoms with van der Waals surface area (Å²) in [6.07, 6.45) is -0.962. The Morgan fingerprint density at radius 1 is 1.21 bits per heavy atom.